The van der Waals surface area contributed by atoms with Gasteiger partial charge in [0.2, 0.25) is 5.91 Å². The summed E-state index contributed by atoms with van der Waals surface area (Å²) in [5.74, 6) is -0.403. The second-order valence-corrected chi connectivity index (χ2v) is 11.6. The summed E-state index contributed by atoms with van der Waals surface area (Å²) in [5.41, 5.74) is 4.95. The average molecular weight is 457 g/mol. The minimum absolute atomic E-state index is 0.0679. The molecule has 2 aliphatic carbocycles. The van der Waals surface area contributed by atoms with Crippen LogP contribution in [0.1, 0.15) is 64.4 Å². The zero-order chi connectivity index (χ0) is 24.1. The molecule has 3 N–H and O–H groups in total. The van der Waals surface area contributed by atoms with Crippen molar-refractivity contribution in [2.75, 3.05) is 33.7 Å². The number of β-amino-alcohol motifs (C(OH)–C–C–N with tert-alkyl or cyclic N) is 1. The van der Waals surface area contributed by atoms with Crippen molar-refractivity contribution in [3.8, 4) is 0 Å². The molecular weight excluding hydrogens is 416 g/mol. The number of urea groups is 1. The van der Waals surface area contributed by atoms with Crippen LogP contribution in [-0.2, 0) is 10.3 Å². The SMILES string of the molecule is CN(C)C1(c2ccccc2)CCC2(CC1)CN(CC(C)(C)C(N)=O)C(=O)N2CC1(O)CCC1. The molecule has 3 fully saturated rings. The first kappa shape index (κ1) is 24.0. The third kappa shape index (κ3) is 4.14. The molecule has 3 aliphatic rings. The smallest absolute Gasteiger partial charge is 0.320 e. The molecule has 182 valence electrons. The van der Waals surface area contributed by atoms with Crippen molar-refractivity contribution in [3.05, 3.63) is 35.9 Å². The first-order valence-corrected chi connectivity index (χ1v) is 12.3. The van der Waals surface area contributed by atoms with E-state index in [-0.39, 0.29) is 17.1 Å². The predicted molar refractivity (Wildman–Crippen MR) is 128 cm³/mol. The van der Waals surface area contributed by atoms with E-state index in [1.807, 2.05) is 11.0 Å². The van der Waals surface area contributed by atoms with Crippen molar-refractivity contribution in [2.24, 2.45) is 11.1 Å². The molecule has 0 atom stereocenters. The second-order valence-electron chi connectivity index (χ2n) is 11.6. The summed E-state index contributed by atoms with van der Waals surface area (Å²) in [5, 5.41) is 11.0. The standard InChI is InChI=1S/C26H40N4O3/c1-23(2,21(27)31)17-29-18-24(30(22(29)32)19-25(33)11-8-12-25)13-15-26(16-14-24,28(3)4)20-9-6-5-7-10-20/h5-7,9-10,33H,8,11-19H2,1-4H3,(H2,27,31). The van der Waals surface area contributed by atoms with Crippen LogP contribution >= 0.6 is 0 Å². The van der Waals surface area contributed by atoms with Crippen molar-refractivity contribution < 1.29 is 14.7 Å². The highest BCUT2D eigenvalue weighted by Gasteiger charge is 2.57. The number of nitrogens with zero attached hydrogens (tertiary/aromatic N) is 3. The lowest BCUT2D eigenvalue weighted by atomic mass is 9.67. The number of aliphatic hydroxyl groups is 1. The topological polar surface area (TPSA) is 90.1 Å². The number of rotatable bonds is 7. The largest absolute Gasteiger partial charge is 0.388 e. The minimum atomic E-state index is -0.799. The first-order valence-electron chi connectivity index (χ1n) is 12.3. The summed E-state index contributed by atoms with van der Waals surface area (Å²) in [7, 11) is 4.28. The summed E-state index contributed by atoms with van der Waals surface area (Å²) >= 11 is 0. The summed E-state index contributed by atoms with van der Waals surface area (Å²) in [6, 6.07) is 10.6. The zero-order valence-corrected chi connectivity index (χ0v) is 20.6. The van der Waals surface area contributed by atoms with E-state index in [1.54, 1.807) is 18.7 Å². The first-order chi connectivity index (χ1) is 15.4. The van der Waals surface area contributed by atoms with Gasteiger partial charge in [0.1, 0.15) is 0 Å². The van der Waals surface area contributed by atoms with Crippen LogP contribution in [0.3, 0.4) is 0 Å². The van der Waals surface area contributed by atoms with Gasteiger partial charge in [0.05, 0.1) is 23.1 Å². The molecule has 0 radical (unpaired) electrons. The van der Waals surface area contributed by atoms with Gasteiger partial charge in [-0.05, 0) is 78.5 Å². The Morgan fingerprint density at radius 2 is 1.70 bits per heavy atom. The molecule has 1 aromatic carbocycles. The van der Waals surface area contributed by atoms with E-state index >= 15 is 0 Å². The van der Waals surface area contributed by atoms with Gasteiger partial charge >= 0.3 is 6.03 Å². The van der Waals surface area contributed by atoms with Gasteiger partial charge in [0.15, 0.2) is 0 Å². The third-order valence-corrected chi connectivity index (χ3v) is 8.72. The molecule has 1 heterocycles. The van der Waals surface area contributed by atoms with E-state index in [0.29, 0.717) is 19.6 Å². The molecule has 0 unspecified atom stereocenters. The zero-order valence-electron chi connectivity index (χ0n) is 20.6. The maximum Gasteiger partial charge on any atom is 0.320 e. The molecular formula is C26H40N4O3. The van der Waals surface area contributed by atoms with Crippen LogP contribution in [0.5, 0.6) is 0 Å². The number of primary amides is 1. The number of nitrogens with two attached hydrogens (primary N) is 1. The van der Waals surface area contributed by atoms with Crippen LogP contribution in [0.25, 0.3) is 0 Å². The molecule has 4 rings (SSSR count). The molecule has 33 heavy (non-hydrogen) atoms. The number of carbonyl (C=O) groups excluding carboxylic acids is 2. The van der Waals surface area contributed by atoms with Crippen molar-refractivity contribution in [1.29, 1.82) is 0 Å². The monoisotopic (exact) mass is 456 g/mol. The van der Waals surface area contributed by atoms with Crippen LogP contribution in [0, 0.1) is 5.41 Å². The van der Waals surface area contributed by atoms with E-state index < -0.39 is 16.9 Å². The average Bonchev–Trinajstić information content (AvgIpc) is 2.98. The quantitative estimate of drug-likeness (QED) is 0.660. The Morgan fingerprint density at radius 3 is 2.18 bits per heavy atom. The van der Waals surface area contributed by atoms with Crippen LogP contribution < -0.4 is 5.73 Å². The van der Waals surface area contributed by atoms with Crippen LogP contribution in [0.2, 0.25) is 0 Å². The Balaban J connectivity index is 1.62. The molecule has 3 amide bonds. The van der Waals surface area contributed by atoms with Gasteiger partial charge in [-0.2, -0.15) is 0 Å². The maximum absolute atomic E-state index is 13.6. The maximum atomic E-state index is 13.6. The normalized spacial score (nSPS) is 29.6. The molecule has 7 heteroatoms. The summed E-state index contributed by atoms with van der Waals surface area (Å²) < 4.78 is 0. The Hall–Kier alpha value is -2.12. The Morgan fingerprint density at radius 1 is 1.09 bits per heavy atom. The van der Waals surface area contributed by atoms with Gasteiger partial charge in [-0.25, -0.2) is 4.79 Å². The molecule has 7 nitrogen and oxygen atoms in total. The summed E-state index contributed by atoms with van der Waals surface area (Å²) in [6.45, 7) is 4.85. The van der Waals surface area contributed by atoms with Gasteiger partial charge in [-0.3, -0.25) is 9.69 Å². The number of benzene rings is 1. The van der Waals surface area contributed by atoms with Crippen molar-refractivity contribution in [2.45, 2.75) is 75.5 Å². The highest BCUT2D eigenvalue weighted by atomic mass is 16.3. The number of hydrogen-bond donors (Lipinski definition) is 2. The number of hydrogen-bond acceptors (Lipinski definition) is 4. The van der Waals surface area contributed by atoms with E-state index in [1.165, 1.54) is 5.56 Å². The summed E-state index contributed by atoms with van der Waals surface area (Å²) in [4.78, 5) is 31.7. The highest BCUT2D eigenvalue weighted by molar-refractivity contribution is 5.83. The lowest BCUT2D eigenvalue weighted by Crippen LogP contribution is -2.59. The Kier molecular flexibility index (Phi) is 6.02. The van der Waals surface area contributed by atoms with Gasteiger partial charge in [-0.15, -0.1) is 0 Å². The summed E-state index contributed by atoms with van der Waals surface area (Å²) in [6.07, 6.45) is 6.06. The van der Waals surface area contributed by atoms with Crippen molar-refractivity contribution in [1.82, 2.24) is 14.7 Å². The lowest BCUT2D eigenvalue weighted by molar-refractivity contribution is -0.126. The third-order valence-electron chi connectivity index (χ3n) is 8.72. The Bertz CT molecular complexity index is 886. The van der Waals surface area contributed by atoms with Crippen LogP contribution in [0.15, 0.2) is 30.3 Å². The number of carbonyl (C=O) groups is 2. The highest BCUT2D eigenvalue weighted by Crippen LogP contribution is 2.50. The van der Waals surface area contributed by atoms with E-state index in [0.717, 1.165) is 44.9 Å². The van der Waals surface area contributed by atoms with E-state index in [9.17, 15) is 14.7 Å². The van der Waals surface area contributed by atoms with Gasteiger partial charge in [0.25, 0.3) is 0 Å². The molecule has 1 spiro atoms. The minimum Gasteiger partial charge on any atom is -0.388 e. The predicted octanol–water partition coefficient (Wildman–Crippen LogP) is 2.92. The van der Waals surface area contributed by atoms with Gasteiger partial charge in [-0.1, -0.05) is 30.3 Å². The molecule has 2 saturated carbocycles. The van der Waals surface area contributed by atoms with E-state index in [4.69, 9.17) is 5.73 Å². The number of amides is 3. The molecule has 1 saturated heterocycles. The molecule has 0 aromatic heterocycles. The van der Waals surface area contributed by atoms with E-state index in [2.05, 4.69) is 43.3 Å². The fourth-order valence-corrected chi connectivity index (χ4v) is 6.13. The molecule has 1 aromatic rings. The van der Waals surface area contributed by atoms with Gasteiger partial charge in [0, 0.05) is 18.6 Å². The molecule has 1 aliphatic heterocycles. The Labute approximate surface area is 197 Å². The fraction of sp³-hybridized carbons (Fsp3) is 0.692. The van der Waals surface area contributed by atoms with Crippen molar-refractivity contribution >= 4 is 11.9 Å². The fourth-order valence-electron chi connectivity index (χ4n) is 6.13. The van der Waals surface area contributed by atoms with Crippen molar-refractivity contribution in [3.63, 3.8) is 0 Å². The van der Waals surface area contributed by atoms with Crippen LogP contribution in [-0.4, -0.2) is 76.6 Å². The van der Waals surface area contributed by atoms with Crippen LogP contribution in [0.4, 0.5) is 4.79 Å². The second kappa shape index (κ2) is 8.27. The lowest BCUT2D eigenvalue weighted by Gasteiger charge is -2.52. The molecule has 0 bridgehead atoms. The van der Waals surface area contributed by atoms with Gasteiger partial charge < -0.3 is 20.6 Å².